The standard InChI is InChI=1S/C11H15NSi.C8H7N.C6H6IN/c1-13(2,3)9-8-10-6-4-5-7-11(10)12;1-2-7-5-3-4-6-8(7)9;7-5-3-1-2-4-6(5)8/h4-7H,12H2,1-3H3;1,3-6H,9H2;1-4H,8H2. The fourth-order valence-corrected chi connectivity index (χ4v) is 2.87. The molecule has 5 heteroatoms. The summed E-state index contributed by atoms with van der Waals surface area (Å²) in [6.45, 7) is 6.66. The summed E-state index contributed by atoms with van der Waals surface area (Å²) in [5, 5.41) is 0. The lowest BCUT2D eigenvalue weighted by atomic mass is 10.2. The second-order valence-electron chi connectivity index (χ2n) is 7.34. The zero-order valence-electron chi connectivity index (χ0n) is 17.6. The molecule has 154 valence electrons. The quantitative estimate of drug-likeness (QED) is 0.154. The molecule has 6 N–H and O–H groups in total. The Labute approximate surface area is 195 Å². The largest absolute Gasteiger partial charge is 0.398 e. The van der Waals surface area contributed by atoms with Gasteiger partial charge in [-0.25, -0.2) is 0 Å². The molecule has 0 bridgehead atoms. The lowest BCUT2D eigenvalue weighted by Gasteiger charge is -2.03. The Balaban J connectivity index is 0.000000234. The minimum absolute atomic E-state index is 0.667. The number of hydrogen-bond acceptors (Lipinski definition) is 3. The molecule has 0 unspecified atom stereocenters. The van der Waals surface area contributed by atoms with E-state index in [9.17, 15) is 0 Å². The summed E-state index contributed by atoms with van der Waals surface area (Å²) in [5.41, 5.74) is 24.1. The van der Waals surface area contributed by atoms with E-state index in [2.05, 4.69) is 59.6 Å². The summed E-state index contributed by atoms with van der Waals surface area (Å²) in [7, 11) is -1.28. The van der Waals surface area contributed by atoms with Gasteiger partial charge in [-0.05, 0) is 59.0 Å². The molecule has 0 heterocycles. The summed E-state index contributed by atoms with van der Waals surface area (Å²) < 4.78 is 1.12. The van der Waals surface area contributed by atoms with Crippen LogP contribution in [0.15, 0.2) is 72.8 Å². The molecule has 0 atom stereocenters. The van der Waals surface area contributed by atoms with Gasteiger partial charge in [0, 0.05) is 31.8 Å². The molecule has 0 radical (unpaired) electrons. The van der Waals surface area contributed by atoms with Crippen LogP contribution in [0, 0.1) is 27.4 Å². The number of para-hydroxylation sites is 3. The van der Waals surface area contributed by atoms with E-state index >= 15 is 0 Å². The van der Waals surface area contributed by atoms with Crippen LogP contribution in [0.4, 0.5) is 17.1 Å². The van der Waals surface area contributed by atoms with Crippen LogP contribution in [-0.2, 0) is 0 Å². The van der Waals surface area contributed by atoms with Gasteiger partial charge in [-0.2, -0.15) is 0 Å². The van der Waals surface area contributed by atoms with Crippen LogP contribution in [-0.4, -0.2) is 8.07 Å². The fourth-order valence-electron chi connectivity index (χ4n) is 1.97. The maximum Gasteiger partial charge on any atom is 0.129 e. The fraction of sp³-hybridized carbons (Fsp3) is 0.120. The van der Waals surface area contributed by atoms with Gasteiger partial charge in [-0.3, -0.25) is 0 Å². The number of terminal acetylenes is 1. The zero-order chi connectivity index (χ0) is 22.6. The van der Waals surface area contributed by atoms with Crippen LogP contribution in [0.5, 0.6) is 0 Å². The molecule has 0 fully saturated rings. The third kappa shape index (κ3) is 10.1. The molecule has 3 nitrogen and oxygen atoms in total. The van der Waals surface area contributed by atoms with Gasteiger partial charge in [0.1, 0.15) is 8.07 Å². The Morgan fingerprint density at radius 2 is 1.13 bits per heavy atom. The van der Waals surface area contributed by atoms with Crippen LogP contribution >= 0.6 is 22.6 Å². The summed E-state index contributed by atoms with van der Waals surface area (Å²) >= 11 is 2.20. The van der Waals surface area contributed by atoms with Crippen molar-refractivity contribution in [1.29, 1.82) is 0 Å². The Bertz CT molecular complexity index is 1030. The van der Waals surface area contributed by atoms with Crippen molar-refractivity contribution in [2.75, 3.05) is 17.2 Å². The van der Waals surface area contributed by atoms with Gasteiger partial charge in [0.25, 0.3) is 0 Å². The van der Waals surface area contributed by atoms with Crippen molar-refractivity contribution in [2.45, 2.75) is 19.6 Å². The number of anilines is 3. The number of nitrogens with two attached hydrogens (primary N) is 3. The number of nitrogen functional groups attached to an aromatic ring is 3. The summed E-state index contributed by atoms with van der Waals surface area (Å²) in [4.78, 5) is 0. The van der Waals surface area contributed by atoms with E-state index in [-0.39, 0.29) is 0 Å². The predicted molar refractivity (Wildman–Crippen MR) is 143 cm³/mol. The predicted octanol–water partition coefficient (Wildman–Crippen LogP) is 5.62. The highest BCUT2D eigenvalue weighted by Gasteiger charge is 2.07. The van der Waals surface area contributed by atoms with Crippen LogP contribution in [0.3, 0.4) is 0 Å². The molecule has 3 aromatic rings. The van der Waals surface area contributed by atoms with Crippen molar-refractivity contribution < 1.29 is 0 Å². The molecule has 0 aliphatic carbocycles. The van der Waals surface area contributed by atoms with E-state index in [4.69, 9.17) is 23.6 Å². The average Bonchev–Trinajstić information content (AvgIpc) is 2.70. The number of rotatable bonds is 0. The number of benzene rings is 3. The third-order valence-electron chi connectivity index (χ3n) is 3.55. The molecule has 0 aromatic heterocycles. The van der Waals surface area contributed by atoms with E-state index in [1.165, 1.54) is 0 Å². The van der Waals surface area contributed by atoms with Gasteiger partial charge in [-0.15, -0.1) is 12.0 Å². The zero-order valence-corrected chi connectivity index (χ0v) is 20.8. The second kappa shape index (κ2) is 12.6. The molecule has 0 amide bonds. The molecule has 0 aliphatic heterocycles. The molecular formula is C25H28IN3Si. The highest BCUT2D eigenvalue weighted by atomic mass is 127. The van der Waals surface area contributed by atoms with Gasteiger partial charge in [0.15, 0.2) is 0 Å². The van der Waals surface area contributed by atoms with E-state index < -0.39 is 8.07 Å². The normalized spacial score (nSPS) is 9.43. The van der Waals surface area contributed by atoms with Crippen LogP contribution in [0.1, 0.15) is 11.1 Å². The lowest BCUT2D eigenvalue weighted by Crippen LogP contribution is -2.16. The molecule has 30 heavy (non-hydrogen) atoms. The van der Waals surface area contributed by atoms with Crippen LogP contribution in [0.2, 0.25) is 19.6 Å². The van der Waals surface area contributed by atoms with Crippen molar-refractivity contribution in [3.05, 3.63) is 87.5 Å². The van der Waals surface area contributed by atoms with Gasteiger partial charge in [0.05, 0.1) is 0 Å². The molecule has 0 saturated carbocycles. The third-order valence-corrected chi connectivity index (χ3v) is 5.41. The topological polar surface area (TPSA) is 78.1 Å². The van der Waals surface area contributed by atoms with Crippen molar-refractivity contribution in [3.63, 3.8) is 0 Å². The van der Waals surface area contributed by atoms with Crippen LogP contribution in [0.25, 0.3) is 0 Å². The van der Waals surface area contributed by atoms with E-state index in [1.807, 2.05) is 66.7 Å². The molecule has 0 aliphatic rings. The minimum atomic E-state index is -1.28. The van der Waals surface area contributed by atoms with Gasteiger partial charge < -0.3 is 17.2 Å². The Kier molecular flexibility index (Phi) is 10.6. The second-order valence-corrected chi connectivity index (χ2v) is 13.3. The lowest BCUT2D eigenvalue weighted by molar-refractivity contribution is 1.63. The molecular weight excluding hydrogens is 497 g/mol. The van der Waals surface area contributed by atoms with E-state index in [1.54, 1.807) is 6.07 Å². The highest BCUT2D eigenvalue weighted by molar-refractivity contribution is 14.1. The van der Waals surface area contributed by atoms with Crippen LogP contribution < -0.4 is 17.2 Å². The Morgan fingerprint density at radius 1 is 0.700 bits per heavy atom. The minimum Gasteiger partial charge on any atom is -0.398 e. The maximum absolute atomic E-state index is 5.76. The monoisotopic (exact) mass is 525 g/mol. The SMILES string of the molecule is C#Cc1ccccc1N.C[Si](C)(C)C#Cc1ccccc1N.Nc1ccccc1I. The molecule has 0 spiro atoms. The van der Waals surface area contributed by atoms with Crippen molar-refractivity contribution in [3.8, 4) is 23.8 Å². The highest BCUT2D eigenvalue weighted by Crippen LogP contribution is 2.12. The van der Waals surface area contributed by atoms with Crippen molar-refractivity contribution >= 4 is 47.7 Å². The molecule has 3 rings (SSSR count). The first-order valence-electron chi connectivity index (χ1n) is 9.33. The van der Waals surface area contributed by atoms with Gasteiger partial charge in [-0.1, -0.05) is 67.9 Å². The Hall–Kier alpha value is -2.87. The number of hydrogen-bond donors (Lipinski definition) is 3. The van der Waals surface area contributed by atoms with Gasteiger partial charge in [0.2, 0.25) is 0 Å². The maximum atomic E-state index is 5.76. The first-order valence-corrected chi connectivity index (χ1v) is 13.9. The van der Waals surface area contributed by atoms with E-state index in [0.717, 1.165) is 26.1 Å². The van der Waals surface area contributed by atoms with Gasteiger partial charge >= 0.3 is 0 Å². The average molecular weight is 526 g/mol. The van der Waals surface area contributed by atoms with E-state index in [0.29, 0.717) is 5.69 Å². The number of halogens is 1. The molecule has 0 saturated heterocycles. The van der Waals surface area contributed by atoms with Crippen molar-refractivity contribution in [1.82, 2.24) is 0 Å². The smallest absolute Gasteiger partial charge is 0.129 e. The first-order chi connectivity index (χ1) is 14.1. The summed E-state index contributed by atoms with van der Waals surface area (Å²) in [6, 6.07) is 22.8. The summed E-state index contributed by atoms with van der Waals surface area (Å²) in [5.74, 6) is 5.61. The summed E-state index contributed by atoms with van der Waals surface area (Å²) in [6.07, 6.45) is 5.12. The molecule has 3 aromatic carbocycles. The Morgan fingerprint density at radius 3 is 1.47 bits per heavy atom. The van der Waals surface area contributed by atoms with Crippen molar-refractivity contribution in [2.24, 2.45) is 0 Å². The first kappa shape index (κ1) is 25.2.